The summed E-state index contributed by atoms with van der Waals surface area (Å²) in [6.45, 7) is 1.33. The number of ether oxygens (including phenoxy) is 1. The first-order valence-electron chi connectivity index (χ1n) is 2.52. The van der Waals surface area contributed by atoms with Gasteiger partial charge in [-0.2, -0.15) is 4.39 Å². The van der Waals surface area contributed by atoms with Crippen molar-refractivity contribution in [3.63, 3.8) is 0 Å². The van der Waals surface area contributed by atoms with Crippen LogP contribution >= 0.6 is 0 Å². The molecular weight excluding hydrogens is 146 g/mol. The van der Waals surface area contributed by atoms with Crippen molar-refractivity contribution in [2.45, 2.75) is 13.3 Å². The summed E-state index contributed by atoms with van der Waals surface area (Å²) in [6.07, 6.45) is -2.08. The predicted molar refractivity (Wildman–Crippen MR) is 28.6 cm³/mol. The summed E-state index contributed by atoms with van der Waals surface area (Å²) in [5, 5.41) is 7.77. The highest BCUT2D eigenvalue weighted by atomic mass is 19.2. The topological polar surface area (TPSA) is 46.5 Å². The van der Waals surface area contributed by atoms with Crippen LogP contribution in [0.5, 0.6) is 0 Å². The van der Waals surface area contributed by atoms with Gasteiger partial charge in [0.25, 0.3) is 0 Å². The third-order valence-electron chi connectivity index (χ3n) is 0.701. The minimum atomic E-state index is -1.86. The molecule has 0 amide bonds. The van der Waals surface area contributed by atoms with Crippen molar-refractivity contribution in [3.8, 4) is 0 Å². The molecule has 0 aliphatic heterocycles. The Morgan fingerprint density at radius 2 is 2.10 bits per heavy atom. The molecule has 0 aliphatic carbocycles. The van der Waals surface area contributed by atoms with Crippen LogP contribution in [-0.2, 0) is 4.74 Å². The van der Waals surface area contributed by atoms with E-state index >= 15 is 0 Å². The fourth-order valence-electron chi connectivity index (χ4n) is 0.271. The minimum Gasteiger partial charge on any atom is -0.449 e. The SMILES string of the molecule is CCC(F)=C(F)OC(=O)O. The molecule has 0 aromatic heterocycles. The minimum absolute atomic E-state index is 0.223. The molecule has 0 spiro atoms. The van der Waals surface area contributed by atoms with Gasteiger partial charge in [0.1, 0.15) is 0 Å². The molecule has 0 rings (SSSR count). The number of carboxylic acid groups (broad SMARTS) is 1. The zero-order valence-electron chi connectivity index (χ0n) is 5.23. The Balaban J connectivity index is 4.04. The Hall–Kier alpha value is -1.13. The molecule has 0 radical (unpaired) electrons. The fourth-order valence-corrected chi connectivity index (χ4v) is 0.271. The standard InChI is InChI=1S/C5H6F2O3/c1-2-3(6)4(7)10-5(8)9/h2H2,1H3,(H,8,9). The molecule has 0 fully saturated rings. The van der Waals surface area contributed by atoms with Crippen molar-refractivity contribution in [2.75, 3.05) is 0 Å². The smallest absolute Gasteiger partial charge is 0.449 e. The maximum atomic E-state index is 12.0. The van der Waals surface area contributed by atoms with E-state index in [-0.39, 0.29) is 6.42 Å². The van der Waals surface area contributed by atoms with Crippen molar-refractivity contribution in [1.29, 1.82) is 0 Å². The Labute approximate surface area is 55.9 Å². The van der Waals surface area contributed by atoms with Gasteiger partial charge in [-0.1, -0.05) is 6.92 Å². The van der Waals surface area contributed by atoms with Gasteiger partial charge >= 0.3 is 12.2 Å². The van der Waals surface area contributed by atoms with E-state index in [1.165, 1.54) is 6.92 Å². The van der Waals surface area contributed by atoms with E-state index in [0.29, 0.717) is 0 Å². The highest BCUT2D eigenvalue weighted by Gasteiger charge is 2.08. The second-order valence-electron chi connectivity index (χ2n) is 1.40. The van der Waals surface area contributed by atoms with Crippen molar-refractivity contribution in [2.24, 2.45) is 0 Å². The molecule has 10 heavy (non-hydrogen) atoms. The number of hydrogen-bond donors (Lipinski definition) is 1. The summed E-state index contributed by atoms with van der Waals surface area (Å²) >= 11 is 0. The fraction of sp³-hybridized carbons (Fsp3) is 0.400. The first-order valence-corrected chi connectivity index (χ1v) is 2.52. The van der Waals surface area contributed by atoms with E-state index in [2.05, 4.69) is 4.74 Å². The van der Waals surface area contributed by atoms with E-state index < -0.39 is 18.0 Å². The van der Waals surface area contributed by atoms with Crippen LogP contribution in [0, 0.1) is 0 Å². The molecule has 0 unspecified atom stereocenters. The molecule has 58 valence electrons. The summed E-state index contributed by atoms with van der Waals surface area (Å²) in [5.41, 5.74) is 0. The van der Waals surface area contributed by atoms with Gasteiger partial charge in [-0.15, -0.1) is 0 Å². The van der Waals surface area contributed by atoms with Gasteiger partial charge in [0.2, 0.25) is 0 Å². The predicted octanol–water partition coefficient (Wildman–Crippen LogP) is 2.20. The summed E-state index contributed by atoms with van der Waals surface area (Å²) in [6, 6.07) is -1.69. The van der Waals surface area contributed by atoms with E-state index in [9.17, 15) is 13.6 Å². The van der Waals surface area contributed by atoms with Crippen LogP contribution < -0.4 is 0 Å². The van der Waals surface area contributed by atoms with E-state index in [1.54, 1.807) is 0 Å². The van der Waals surface area contributed by atoms with Gasteiger partial charge in [-0.25, -0.2) is 9.18 Å². The molecule has 0 bridgehead atoms. The molecule has 3 nitrogen and oxygen atoms in total. The quantitative estimate of drug-likeness (QED) is 0.487. The maximum absolute atomic E-state index is 12.0. The molecule has 0 aromatic carbocycles. The molecule has 5 heteroatoms. The monoisotopic (exact) mass is 152 g/mol. The lowest BCUT2D eigenvalue weighted by atomic mass is 10.4. The van der Waals surface area contributed by atoms with Crippen LogP contribution in [0.3, 0.4) is 0 Å². The first kappa shape index (κ1) is 8.87. The highest BCUT2D eigenvalue weighted by Crippen LogP contribution is 2.12. The molecule has 1 N–H and O–H groups in total. The Kier molecular flexibility index (Phi) is 3.38. The molecule has 0 heterocycles. The number of hydrogen-bond acceptors (Lipinski definition) is 2. The highest BCUT2D eigenvalue weighted by molar-refractivity contribution is 5.58. The van der Waals surface area contributed by atoms with Gasteiger partial charge in [-0.05, 0) is 0 Å². The average molecular weight is 152 g/mol. The third kappa shape index (κ3) is 3.01. The largest absolute Gasteiger partial charge is 0.513 e. The Morgan fingerprint density at radius 3 is 2.40 bits per heavy atom. The Morgan fingerprint density at radius 1 is 1.60 bits per heavy atom. The summed E-state index contributed by atoms with van der Waals surface area (Å²) < 4.78 is 27.3. The van der Waals surface area contributed by atoms with Crippen LogP contribution in [0.25, 0.3) is 0 Å². The van der Waals surface area contributed by atoms with Crippen molar-refractivity contribution in [3.05, 3.63) is 11.8 Å². The lowest BCUT2D eigenvalue weighted by molar-refractivity contribution is 0.0931. The zero-order chi connectivity index (χ0) is 8.15. The molecule has 0 saturated heterocycles. The normalized spacial score (nSPS) is 12.3. The number of halogens is 2. The molecular formula is C5H6F2O3. The molecule has 0 aromatic rings. The number of carbonyl (C=O) groups is 1. The average Bonchev–Trinajstić information content (AvgIpc) is 1.85. The van der Waals surface area contributed by atoms with Gasteiger partial charge in [0, 0.05) is 6.42 Å². The molecule has 0 atom stereocenters. The van der Waals surface area contributed by atoms with Gasteiger partial charge in [0.05, 0.1) is 0 Å². The van der Waals surface area contributed by atoms with Gasteiger partial charge < -0.3 is 9.84 Å². The van der Waals surface area contributed by atoms with Crippen LogP contribution in [-0.4, -0.2) is 11.3 Å². The first-order chi connectivity index (χ1) is 4.57. The van der Waals surface area contributed by atoms with Gasteiger partial charge in [0.15, 0.2) is 5.83 Å². The summed E-state index contributed by atoms with van der Waals surface area (Å²) in [7, 11) is 0. The third-order valence-corrected chi connectivity index (χ3v) is 0.701. The summed E-state index contributed by atoms with van der Waals surface area (Å²) in [5.74, 6) is -1.21. The zero-order valence-corrected chi connectivity index (χ0v) is 5.23. The lowest BCUT2D eigenvalue weighted by Gasteiger charge is -1.94. The van der Waals surface area contributed by atoms with Crippen LogP contribution in [0.4, 0.5) is 13.6 Å². The van der Waals surface area contributed by atoms with Crippen molar-refractivity contribution in [1.82, 2.24) is 0 Å². The van der Waals surface area contributed by atoms with E-state index in [4.69, 9.17) is 5.11 Å². The van der Waals surface area contributed by atoms with E-state index in [1.807, 2.05) is 0 Å². The van der Waals surface area contributed by atoms with Gasteiger partial charge in [-0.3, -0.25) is 0 Å². The summed E-state index contributed by atoms with van der Waals surface area (Å²) in [4.78, 5) is 9.57. The van der Waals surface area contributed by atoms with Crippen LogP contribution in [0.1, 0.15) is 13.3 Å². The lowest BCUT2D eigenvalue weighted by Crippen LogP contribution is -1.97. The number of rotatable bonds is 2. The van der Waals surface area contributed by atoms with Crippen LogP contribution in [0.2, 0.25) is 0 Å². The number of allylic oxidation sites excluding steroid dienone is 1. The van der Waals surface area contributed by atoms with Crippen molar-refractivity contribution < 1.29 is 23.4 Å². The van der Waals surface area contributed by atoms with Crippen molar-refractivity contribution >= 4 is 6.16 Å². The van der Waals surface area contributed by atoms with E-state index in [0.717, 1.165) is 0 Å². The second kappa shape index (κ2) is 3.81. The second-order valence-corrected chi connectivity index (χ2v) is 1.40. The maximum Gasteiger partial charge on any atom is 0.513 e. The molecule has 0 aliphatic rings. The Bertz CT molecular complexity index is 164. The molecule has 0 saturated carbocycles. The van der Waals surface area contributed by atoms with Crippen LogP contribution in [0.15, 0.2) is 11.8 Å².